The van der Waals surface area contributed by atoms with E-state index in [0.717, 1.165) is 21.3 Å². The highest BCUT2D eigenvalue weighted by Crippen LogP contribution is 2.61. The van der Waals surface area contributed by atoms with Crippen molar-refractivity contribution in [1.82, 2.24) is 4.90 Å². The van der Waals surface area contributed by atoms with Crippen molar-refractivity contribution in [2.75, 3.05) is 26.6 Å². The first-order chi connectivity index (χ1) is 19.8. The van der Waals surface area contributed by atoms with E-state index < -0.39 is 36.8 Å². The fourth-order valence-electron chi connectivity index (χ4n) is 5.98. The number of carbonyl (C=O) groups excluding carboxylic acids is 3. The van der Waals surface area contributed by atoms with Crippen molar-refractivity contribution in [3.63, 3.8) is 0 Å². The Morgan fingerprint density at radius 3 is 2.40 bits per heavy atom. The van der Waals surface area contributed by atoms with Crippen molar-refractivity contribution >= 4 is 47.7 Å². The average Bonchev–Trinajstić information content (AvgIpc) is 3.39. The lowest BCUT2D eigenvalue weighted by Crippen LogP contribution is -2.58. The molecule has 2 aliphatic rings. The van der Waals surface area contributed by atoms with Crippen molar-refractivity contribution < 1.29 is 41.9 Å². The van der Waals surface area contributed by atoms with Gasteiger partial charge in [0.1, 0.15) is 28.7 Å². The minimum Gasteiger partial charge on any atom is -0.469 e. The highest BCUT2D eigenvalue weighted by Gasteiger charge is 2.57. The molecule has 2 aliphatic heterocycles. The van der Waals surface area contributed by atoms with Crippen LogP contribution in [0, 0.1) is 0 Å². The summed E-state index contributed by atoms with van der Waals surface area (Å²) < 4.78 is 41.3. The number of anilines is 1. The summed E-state index contributed by atoms with van der Waals surface area (Å²) >= 11 is 0. The van der Waals surface area contributed by atoms with Gasteiger partial charge in [-0.2, -0.15) is 0 Å². The van der Waals surface area contributed by atoms with Crippen LogP contribution in [0.3, 0.4) is 0 Å². The third-order valence-corrected chi connectivity index (χ3v) is 10.1. The highest BCUT2D eigenvalue weighted by molar-refractivity contribution is 7.55. The number of hydrogen-bond donors (Lipinski definition) is 1. The molecule has 1 unspecified atom stereocenters. The second-order valence-corrected chi connectivity index (χ2v) is 13.1. The van der Waals surface area contributed by atoms with Crippen LogP contribution in [0.15, 0.2) is 47.4 Å². The molecule has 0 fully saturated rings. The van der Waals surface area contributed by atoms with Gasteiger partial charge < -0.3 is 33.2 Å². The maximum atomic E-state index is 13.9. The number of methoxy groups -OCH3 is 1. The maximum Gasteiger partial charge on any atom is 0.345 e. The number of furan rings is 1. The number of nitrogens with one attached hydrogen (secondary N) is 1. The molecule has 2 aromatic carbocycles. The maximum absolute atomic E-state index is 13.9. The number of para-hydroxylation sites is 1. The van der Waals surface area contributed by atoms with Crippen LogP contribution in [0.25, 0.3) is 16.5 Å². The van der Waals surface area contributed by atoms with E-state index in [4.69, 9.17) is 22.9 Å². The fraction of sp³-hybridized carbons (Fsp3) is 0.367. The standard InChI is InChI=1S/C30H33N2O9P/c1-15(2)21-14-17-13-19(30(5)31-20-12-10-9-11-18(20)27(33)32(30)16(3)4)25-22(24(17)40-21)23(28(34)37-6)26(29(35)41-25)42(36,38-7)39-8/h9-14,16,23,26,31H,1H2,2-8H3/t23-,26+,30?/m0/s1. The molecule has 5 rings (SSSR count). The predicted octanol–water partition coefficient (Wildman–Crippen LogP) is 5.65. The zero-order valence-corrected chi connectivity index (χ0v) is 25.4. The van der Waals surface area contributed by atoms with Gasteiger partial charge >= 0.3 is 19.5 Å². The van der Waals surface area contributed by atoms with Crippen LogP contribution < -0.4 is 10.1 Å². The molecule has 0 aliphatic carbocycles. The third-order valence-electron chi connectivity index (χ3n) is 7.87. The number of allylic oxidation sites excluding steroid dienone is 1. The van der Waals surface area contributed by atoms with Crippen molar-refractivity contribution in [2.45, 2.75) is 51.0 Å². The van der Waals surface area contributed by atoms with Gasteiger partial charge in [-0.1, -0.05) is 18.7 Å². The molecule has 1 N–H and O–H groups in total. The van der Waals surface area contributed by atoms with E-state index in [0.29, 0.717) is 33.5 Å². The Hall–Kier alpha value is -3.92. The Kier molecular flexibility index (Phi) is 7.33. The van der Waals surface area contributed by atoms with Gasteiger partial charge in [-0.05, 0) is 57.5 Å². The van der Waals surface area contributed by atoms with Crippen LogP contribution in [0.2, 0.25) is 0 Å². The Labute approximate surface area is 243 Å². The number of amides is 1. The zero-order chi connectivity index (χ0) is 30.7. The van der Waals surface area contributed by atoms with Crippen LogP contribution in [-0.2, 0) is 33.6 Å². The van der Waals surface area contributed by atoms with Gasteiger partial charge in [0.25, 0.3) is 5.91 Å². The molecule has 0 radical (unpaired) electrons. The molecular formula is C30H33N2O9P. The number of ether oxygens (including phenoxy) is 2. The number of esters is 2. The Bertz CT molecular complexity index is 1690. The summed E-state index contributed by atoms with van der Waals surface area (Å²) in [5, 5.41) is 4.01. The Balaban J connectivity index is 1.90. The first-order valence-electron chi connectivity index (χ1n) is 13.3. The number of carbonyl (C=O) groups is 3. The largest absolute Gasteiger partial charge is 0.469 e. The van der Waals surface area contributed by atoms with Gasteiger partial charge in [0.05, 0.1) is 18.2 Å². The Morgan fingerprint density at radius 2 is 1.81 bits per heavy atom. The number of nitrogens with zero attached hydrogens (tertiary/aromatic N) is 1. The topological polar surface area (TPSA) is 134 Å². The third kappa shape index (κ3) is 4.26. The molecular weight excluding hydrogens is 563 g/mol. The molecule has 0 spiro atoms. The number of benzene rings is 2. The second-order valence-electron chi connectivity index (χ2n) is 10.8. The lowest BCUT2D eigenvalue weighted by Gasteiger charge is -2.49. The van der Waals surface area contributed by atoms with E-state index in [9.17, 15) is 18.9 Å². The van der Waals surface area contributed by atoms with E-state index in [2.05, 4.69) is 11.9 Å². The minimum absolute atomic E-state index is 0.0200. The van der Waals surface area contributed by atoms with Crippen LogP contribution in [0.1, 0.15) is 60.9 Å². The van der Waals surface area contributed by atoms with Crippen molar-refractivity contribution in [2.24, 2.45) is 0 Å². The number of rotatable bonds is 7. The van der Waals surface area contributed by atoms with Gasteiger partial charge in [-0.25, -0.2) is 0 Å². The number of fused-ring (bicyclic) bond motifs is 4. The first-order valence-corrected chi connectivity index (χ1v) is 14.9. The molecule has 11 nitrogen and oxygen atoms in total. The lowest BCUT2D eigenvalue weighted by atomic mass is 9.84. The van der Waals surface area contributed by atoms with E-state index in [-0.39, 0.29) is 28.8 Å². The first kappa shape index (κ1) is 29.6. The molecule has 12 heteroatoms. The molecule has 1 aromatic heterocycles. The summed E-state index contributed by atoms with van der Waals surface area (Å²) in [6.07, 6.45) is 0. The van der Waals surface area contributed by atoms with Crippen molar-refractivity contribution in [1.29, 1.82) is 0 Å². The molecule has 3 aromatic rings. The smallest absolute Gasteiger partial charge is 0.345 e. The summed E-state index contributed by atoms with van der Waals surface area (Å²) in [5.41, 5.74) is -0.593. The van der Waals surface area contributed by atoms with Crippen LogP contribution >= 0.6 is 7.60 Å². The average molecular weight is 597 g/mol. The Morgan fingerprint density at radius 1 is 1.14 bits per heavy atom. The van der Waals surface area contributed by atoms with Crippen molar-refractivity contribution in [3.8, 4) is 5.75 Å². The van der Waals surface area contributed by atoms with E-state index >= 15 is 0 Å². The molecule has 222 valence electrons. The highest BCUT2D eigenvalue weighted by atomic mass is 31.2. The van der Waals surface area contributed by atoms with E-state index in [1.165, 1.54) is 0 Å². The molecule has 3 atom stereocenters. The summed E-state index contributed by atoms with van der Waals surface area (Å²) in [6, 6.07) is 10.3. The second kappa shape index (κ2) is 10.4. The van der Waals surface area contributed by atoms with Gasteiger partial charge in [-0.3, -0.25) is 18.9 Å². The lowest BCUT2D eigenvalue weighted by molar-refractivity contribution is -0.148. The predicted molar refractivity (Wildman–Crippen MR) is 155 cm³/mol. The minimum atomic E-state index is -4.24. The number of hydrogen-bond acceptors (Lipinski definition) is 10. The SMILES string of the molecule is C=C(C)c1cc2cc(C3(C)Nc4ccccc4C(=O)N3C(C)C)c3c(c2o1)[C@H](C(=O)OC)[C@@H](P(=O)(OC)OC)C(=O)O3. The fourth-order valence-corrected chi connectivity index (χ4v) is 7.53. The molecule has 0 bridgehead atoms. The van der Waals surface area contributed by atoms with Crippen LogP contribution in [-0.4, -0.2) is 55.8 Å². The molecule has 0 saturated carbocycles. The summed E-state index contributed by atoms with van der Waals surface area (Å²) in [5.74, 6) is -3.22. The van der Waals surface area contributed by atoms with E-state index in [1.807, 2.05) is 19.9 Å². The van der Waals surface area contributed by atoms with Gasteiger partial charge in [0.15, 0.2) is 5.66 Å². The van der Waals surface area contributed by atoms with Gasteiger partial charge in [0.2, 0.25) is 0 Å². The summed E-state index contributed by atoms with van der Waals surface area (Å²) in [7, 11) is -0.841. The monoisotopic (exact) mass is 596 g/mol. The van der Waals surface area contributed by atoms with Crippen LogP contribution in [0.4, 0.5) is 5.69 Å². The van der Waals surface area contributed by atoms with Gasteiger partial charge in [-0.15, -0.1) is 0 Å². The summed E-state index contributed by atoms with van der Waals surface area (Å²) in [4.78, 5) is 42.8. The van der Waals surface area contributed by atoms with Crippen molar-refractivity contribution in [3.05, 3.63) is 65.4 Å². The molecule has 42 heavy (non-hydrogen) atoms. The molecule has 0 saturated heterocycles. The van der Waals surface area contributed by atoms with Gasteiger partial charge in [0, 0.05) is 36.9 Å². The van der Waals surface area contributed by atoms with Crippen LogP contribution in [0.5, 0.6) is 5.75 Å². The van der Waals surface area contributed by atoms with E-state index in [1.54, 1.807) is 49.1 Å². The summed E-state index contributed by atoms with van der Waals surface area (Å²) in [6.45, 7) is 11.3. The zero-order valence-electron chi connectivity index (χ0n) is 24.5. The normalized spacial score (nSPS) is 22.0. The molecule has 1 amide bonds. The molecule has 3 heterocycles. The quantitative estimate of drug-likeness (QED) is 0.207.